The largest absolute Gasteiger partial charge is 0.412 e. The lowest BCUT2D eigenvalue weighted by Crippen LogP contribution is -2.65. The minimum Gasteiger partial charge on any atom is -0.376 e. The van der Waals surface area contributed by atoms with E-state index in [2.05, 4.69) is 10.5 Å². The highest BCUT2D eigenvalue weighted by Gasteiger charge is 2.26. The molecule has 14 heavy (non-hydrogen) atoms. The van der Waals surface area contributed by atoms with Crippen LogP contribution in [0.1, 0.15) is 6.42 Å². The summed E-state index contributed by atoms with van der Waals surface area (Å²) in [7, 11) is 0. The molecule has 3 amide bonds. The van der Waals surface area contributed by atoms with E-state index in [0.29, 0.717) is 0 Å². The third kappa shape index (κ3) is 5.74. The molecule has 0 radical (unpaired) electrons. The van der Waals surface area contributed by atoms with Gasteiger partial charge < -0.3 is 21.5 Å². The fraction of sp³-hybridized carbons (Fsp3) is 0.400. The first-order valence-electron chi connectivity index (χ1n) is 3.38. The van der Waals surface area contributed by atoms with Gasteiger partial charge in [0.05, 0.1) is 6.42 Å². The van der Waals surface area contributed by atoms with Crippen molar-refractivity contribution in [3.05, 3.63) is 0 Å². The molecule has 0 unspecified atom stereocenters. The van der Waals surface area contributed by atoms with Gasteiger partial charge >= 0.3 is 18.1 Å². The van der Waals surface area contributed by atoms with E-state index in [0.717, 1.165) is 0 Å². The average Bonchev–Trinajstić information content (AvgIpc) is 1.77. The number of hydrogen-bond donors (Lipinski definition) is 5. The molecule has 9 nitrogen and oxygen atoms in total. The lowest BCUT2D eigenvalue weighted by Gasteiger charge is -2.22. The smallest absolute Gasteiger partial charge is 0.376 e. The first-order valence-corrected chi connectivity index (χ1v) is 3.38. The first-order chi connectivity index (χ1) is 6.23. The van der Waals surface area contributed by atoms with E-state index in [1.165, 1.54) is 0 Å². The molecule has 0 aromatic carbocycles. The van der Waals surface area contributed by atoms with Crippen LogP contribution in [0.5, 0.6) is 0 Å². The number of amides is 3. The third-order valence-electron chi connectivity index (χ3n) is 1.01. The van der Waals surface area contributed by atoms with Crippen molar-refractivity contribution in [3.63, 3.8) is 0 Å². The minimum atomic E-state index is -1.88. The van der Waals surface area contributed by atoms with Crippen LogP contribution in [0.3, 0.4) is 0 Å². The Morgan fingerprint density at radius 2 is 1.71 bits per heavy atom. The Morgan fingerprint density at radius 3 is 2.07 bits per heavy atom. The van der Waals surface area contributed by atoms with Crippen LogP contribution in [0.2, 0.25) is 0 Å². The predicted octanol–water partition coefficient (Wildman–Crippen LogP) is -2.76. The molecule has 0 heterocycles. The second kappa shape index (κ2) is 4.39. The summed E-state index contributed by atoms with van der Waals surface area (Å²) >= 11 is 0. The fourth-order valence-electron chi connectivity index (χ4n) is 0.661. The Labute approximate surface area is 78.7 Å². The van der Waals surface area contributed by atoms with Crippen LogP contribution in [0.4, 0.5) is 9.59 Å². The Kier molecular flexibility index (Phi) is 3.80. The summed E-state index contributed by atoms with van der Waals surface area (Å²) in [6.45, 7) is 0. The highest BCUT2D eigenvalue weighted by atomic mass is 16.6. The molecule has 0 spiro atoms. The lowest BCUT2D eigenvalue weighted by molar-refractivity contribution is -0.138. The van der Waals surface area contributed by atoms with E-state index >= 15 is 0 Å². The van der Waals surface area contributed by atoms with Crippen molar-refractivity contribution in [2.45, 2.75) is 12.2 Å². The number of carbonyl (C=O) groups is 3. The second-order valence-electron chi connectivity index (χ2n) is 2.50. The Hall–Kier alpha value is -1.87. The molecule has 0 aliphatic carbocycles. The average molecular weight is 205 g/mol. The van der Waals surface area contributed by atoms with E-state index in [4.69, 9.17) is 17.2 Å². The molecule has 0 saturated heterocycles. The highest BCUT2D eigenvalue weighted by Crippen LogP contribution is 1.96. The number of urea groups is 1. The molecule has 80 valence electrons. The lowest BCUT2D eigenvalue weighted by atomic mass is 10.2. The second-order valence-corrected chi connectivity index (χ2v) is 2.50. The van der Waals surface area contributed by atoms with Gasteiger partial charge in [-0.2, -0.15) is 0 Å². The summed E-state index contributed by atoms with van der Waals surface area (Å²) in [5, 5.41) is 1.86. The maximum absolute atomic E-state index is 10.8. The molecular formula is C5H11N5O4. The SMILES string of the molecule is NC(=O)NC(N)(N)CC(=O)OC(N)=O. The number of ether oxygens (including phenoxy) is 1. The van der Waals surface area contributed by atoms with E-state index in [9.17, 15) is 14.4 Å². The van der Waals surface area contributed by atoms with E-state index in [1.807, 2.05) is 5.32 Å². The van der Waals surface area contributed by atoms with Crippen LogP contribution >= 0.6 is 0 Å². The molecule has 0 fully saturated rings. The number of nitrogens with one attached hydrogen (secondary N) is 1. The van der Waals surface area contributed by atoms with Crippen molar-refractivity contribution in [1.82, 2.24) is 5.32 Å². The number of esters is 1. The van der Waals surface area contributed by atoms with Gasteiger partial charge in [-0.3, -0.25) is 16.3 Å². The summed E-state index contributed by atoms with van der Waals surface area (Å²) in [5.74, 6) is -2.95. The molecule has 9 N–H and O–H groups in total. The number of hydrogen-bond acceptors (Lipinski definition) is 6. The molecule has 0 aromatic rings. The quantitative estimate of drug-likeness (QED) is 0.189. The molecule has 0 rings (SSSR count). The normalized spacial score (nSPS) is 10.4. The van der Waals surface area contributed by atoms with Crippen molar-refractivity contribution in [2.24, 2.45) is 22.9 Å². The Morgan fingerprint density at radius 1 is 1.21 bits per heavy atom. The molecule has 0 saturated carbocycles. The van der Waals surface area contributed by atoms with Gasteiger partial charge in [-0.1, -0.05) is 0 Å². The van der Waals surface area contributed by atoms with Crippen LogP contribution in [-0.2, 0) is 9.53 Å². The van der Waals surface area contributed by atoms with E-state index in [1.54, 1.807) is 0 Å². The van der Waals surface area contributed by atoms with Crippen LogP contribution in [0, 0.1) is 0 Å². The molecule has 9 heteroatoms. The summed E-state index contributed by atoms with van der Waals surface area (Å²) in [6, 6.07) is -1.01. The van der Waals surface area contributed by atoms with Crippen molar-refractivity contribution < 1.29 is 19.1 Å². The summed E-state index contributed by atoms with van der Waals surface area (Å²) in [6.07, 6.45) is -1.93. The standard InChI is InChI=1S/C5H11N5O4/c6-3(12)10-5(8,9)1-2(11)14-4(7)13/h1,8-9H2,(H2,7,13)(H3,6,10,12). The van der Waals surface area contributed by atoms with Crippen LogP contribution in [0.25, 0.3) is 0 Å². The van der Waals surface area contributed by atoms with Crippen molar-refractivity contribution in [1.29, 1.82) is 0 Å². The Bertz CT molecular complexity index is 263. The van der Waals surface area contributed by atoms with Gasteiger partial charge in [0.15, 0.2) is 5.79 Å². The van der Waals surface area contributed by atoms with Crippen molar-refractivity contribution in [2.75, 3.05) is 0 Å². The summed E-state index contributed by atoms with van der Waals surface area (Å²) in [5.41, 5.74) is 19.7. The topological polar surface area (TPSA) is 177 Å². The number of nitrogens with two attached hydrogens (primary N) is 4. The van der Waals surface area contributed by atoms with Gasteiger partial charge in [0.25, 0.3) is 0 Å². The summed E-state index contributed by atoms with van der Waals surface area (Å²) < 4.78 is 3.92. The Balaban J connectivity index is 4.14. The van der Waals surface area contributed by atoms with Gasteiger partial charge in [0.1, 0.15) is 0 Å². The minimum absolute atomic E-state index is 0.640. The third-order valence-corrected chi connectivity index (χ3v) is 1.01. The van der Waals surface area contributed by atoms with Gasteiger partial charge in [-0.05, 0) is 0 Å². The molecule has 0 bridgehead atoms. The number of primary amides is 2. The van der Waals surface area contributed by atoms with E-state index < -0.39 is 30.3 Å². The van der Waals surface area contributed by atoms with Gasteiger partial charge in [-0.25, -0.2) is 9.59 Å². The van der Waals surface area contributed by atoms with Crippen LogP contribution in [-0.4, -0.2) is 23.9 Å². The van der Waals surface area contributed by atoms with Gasteiger partial charge in [0, 0.05) is 0 Å². The fourth-order valence-corrected chi connectivity index (χ4v) is 0.661. The monoisotopic (exact) mass is 205 g/mol. The maximum Gasteiger partial charge on any atom is 0.412 e. The van der Waals surface area contributed by atoms with E-state index in [-0.39, 0.29) is 0 Å². The molecular weight excluding hydrogens is 194 g/mol. The van der Waals surface area contributed by atoms with Gasteiger partial charge in [0.2, 0.25) is 0 Å². The first kappa shape index (κ1) is 12.1. The zero-order valence-electron chi connectivity index (χ0n) is 7.15. The van der Waals surface area contributed by atoms with Crippen LogP contribution in [0.15, 0.2) is 0 Å². The van der Waals surface area contributed by atoms with Gasteiger partial charge in [-0.15, -0.1) is 0 Å². The zero-order valence-corrected chi connectivity index (χ0v) is 7.15. The molecule has 0 aliphatic rings. The predicted molar refractivity (Wildman–Crippen MR) is 44.1 cm³/mol. The van der Waals surface area contributed by atoms with Crippen LogP contribution < -0.4 is 28.3 Å². The number of rotatable bonds is 3. The summed E-state index contributed by atoms with van der Waals surface area (Å²) in [4.78, 5) is 31.2. The van der Waals surface area contributed by atoms with Crippen molar-refractivity contribution >= 4 is 18.1 Å². The number of carbonyl (C=O) groups excluding carboxylic acids is 3. The maximum atomic E-state index is 10.8. The molecule has 0 aromatic heterocycles. The molecule has 0 atom stereocenters. The molecule has 0 aliphatic heterocycles. The highest BCUT2D eigenvalue weighted by molar-refractivity contribution is 5.84. The van der Waals surface area contributed by atoms with Crippen molar-refractivity contribution in [3.8, 4) is 0 Å². The zero-order chi connectivity index (χ0) is 11.4.